The Morgan fingerprint density at radius 3 is 2.83 bits per heavy atom. The average Bonchev–Trinajstić information content (AvgIpc) is 2.33. The third kappa shape index (κ3) is 4.89. The van der Waals surface area contributed by atoms with Crippen LogP contribution < -0.4 is 16.0 Å². The normalized spacial score (nSPS) is 10.9. The highest BCUT2D eigenvalue weighted by atomic mass is 16.5. The summed E-state index contributed by atoms with van der Waals surface area (Å²) in [6.45, 7) is 2.67. The van der Waals surface area contributed by atoms with Gasteiger partial charge in [0, 0.05) is 19.3 Å². The lowest BCUT2D eigenvalue weighted by Crippen LogP contribution is -2.25. The van der Waals surface area contributed by atoms with Crippen LogP contribution in [0.3, 0.4) is 0 Å². The Kier molecular flexibility index (Phi) is 6.46. The molecule has 5 nitrogen and oxygen atoms in total. The molecule has 1 heterocycles. The maximum Gasteiger partial charge on any atom is 0.292 e. The molecular formula is C13H23N3O2. The largest absolute Gasteiger partial charge is 0.487 e. The molecule has 2 N–H and O–H groups in total. The zero-order valence-electron chi connectivity index (χ0n) is 11.3. The van der Waals surface area contributed by atoms with Crippen molar-refractivity contribution in [2.24, 2.45) is 5.73 Å². The van der Waals surface area contributed by atoms with Crippen molar-refractivity contribution in [3.63, 3.8) is 0 Å². The highest BCUT2D eigenvalue weighted by Crippen LogP contribution is 2.03. The van der Waals surface area contributed by atoms with Gasteiger partial charge >= 0.3 is 0 Å². The molecule has 0 aliphatic rings. The number of pyridine rings is 1. The van der Waals surface area contributed by atoms with Crippen LogP contribution in [0, 0.1) is 0 Å². The Bertz CT molecular complexity index is 401. The molecule has 0 saturated carbocycles. The number of unbranched alkanes of at least 4 members (excludes halogenated alkanes) is 1. The summed E-state index contributed by atoms with van der Waals surface area (Å²) in [5, 5.41) is 0. The number of ether oxygens (including phenoxy) is 1. The molecular weight excluding hydrogens is 230 g/mol. The van der Waals surface area contributed by atoms with Gasteiger partial charge in [-0.05, 0) is 45.6 Å². The maximum atomic E-state index is 12.0. The lowest BCUT2D eigenvalue weighted by atomic mass is 10.3. The molecule has 0 saturated heterocycles. The van der Waals surface area contributed by atoms with Crippen molar-refractivity contribution in [3.05, 3.63) is 28.7 Å². The molecule has 0 radical (unpaired) electrons. The van der Waals surface area contributed by atoms with Crippen LogP contribution in [0.5, 0.6) is 5.75 Å². The minimum absolute atomic E-state index is 0.0618. The van der Waals surface area contributed by atoms with E-state index in [1.165, 1.54) is 0 Å². The second-order valence-corrected chi connectivity index (χ2v) is 4.52. The van der Waals surface area contributed by atoms with E-state index in [0.717, 1.165) is 19.4 Å². The smallest absolute Gasteiger partial charge is 0.292 e. The summed E-state index contributed by atoms with van der Waals surface area (Å²) in [4.78, 5) is 14.0. The minimum atomic E-state index is -0.0618. The molecule has 102 valence electrons. The quantitative estimate of drug-likeness (QED) is 0.686. The fraction of sp³-hybridized carbons (Fsp3) is 0.615. The van der Waals surface area contributed by atoms with Crippen LogP contribution in [0.1, 0.15) is 12.8 Å². The first-order chi connectivity index (χ1) is 8.65. The summed E-state index contributed by atoms with van der Waals surface area (Å²) in [6, 6.07) is 3.56. The van der Waals surface area contributed by atoms with Crippen molar-refractivity contribution < 1.29 is 4.74 Å². The number of nitrogens with two attached hydrogens (primary N) is 1. The minimum Gasteiger partial charge on any atom is -0.487 e. The van der Waals surface area contributed by atoms with E-state index in [1.54, 1.807) is 16.8 Å². The molecule has 0 aliphatic carbocycles. The van der Waals surface area contributed by atoms with E-state index in [1.807, 2.05) is 25.1 Å². The Morgan fingerprint density at radius 1 is 1.39 bits per heavy atom. The van der Waals surface area contributed by atoms with Crippen LogP contribution in [-0.2, 0) is 6.54 Å². The molecule has 5 heteroatoms. The SMILES string of the molecule is CN(C)CCOc1cccn(CCCCN)c1=O. The molecule has 0 unspecified atom stereocenters. The number of nitrogens with zero attached hydrogens (tertiary/aromatic N) is 2. The lowest BCUT2D eigenvalue weighted by Gasteiger charge is -2.12. The molecule has 18 heavy (non-hydrogen) atoms. The fourth-order valence-corrected chi connectivity index (χ4v) is 1.57. The van der Waals surface area contributed by atoms with E-state index in [-0.39, 0.29) is 5.56 Å². The van der Waals surface area contributed by atoms with E-state index in [0.29, 0.717) is 25.4 Å². The highest BCUT2D eigenvalue weighted by molar-refractivity contribution is 5.17. The number of aromatic nitrogens is 1. The zero-order chi connectivity index (χ0) is 13.4. The summed E-state index contributed by atoms with van der Waals surface area (Å²) >= 11 is 0. The van der Waals surface area contributed by atoms with Gasteiger partial charge in [0.1, 0.15) is 6.61 Å². The van der Waals surface area contributed by atoms with Gasteiger partial charge in [0.2, 0.25) is 0 Å². The van der Waals surface area contributed by atoms with Gasteiger partial charge in [-0.3, -0.25) is 4.79 Å². The van der Waals surface area contributed by atoms with Gasteiger partial charge in [-0.15, -0.1) is 0 Å². The Morgan fingerprint density at radius 2 is 2.17 bits per heavy atom. The summed E-state index contributed by atoms with van der Waals surface area (Å²) in [5.74, 6) is 0.423. The molecule has 0 bridgehead atoms. The van der Waals surface area contributed by atoms with Crippen molar-refractivity contribution >= 4 is 0 Å². The van der Waals surface area contributed by atoms with Gasteiger partial charge in [0.05, 0.1) is 0 Å². The Labute approximate surface area is 108 Å². The van der Waals surface area contributed by atoms with Crippen LogP contribution in [0.25, 0.3) is 0 Å². The molecule has 1 rings (SSSR count). The van der Waals surface area contributed by atoms with E-state index in [2.05, 4.69) is 0 Å². The second-order valence-electron chi connectivity index (χ2n) is 4.52. The fourth-order valence-electron chi connectivity index (χ4n) is 1.57. The number of hydrogen-bond donors (Lipinski definition) is 1. The summed E-state index contributed by atoms with van der Waals surface area (Å²) in [5.41, 5.74) is 5.38. The molecule has 0 aromatic carbocycles. The van der Waals surface area contributed by atoms with Gasteiger partial charge in [0.25, 0.3) is 5.56 Å². The molecule has 0 atom stereocenters. The summed E-state index contributed by atoms with van der Waals surface area (Å²) < 4.78 is 7.18. The predicted octanol–water partition coefficient (Wildman–Crippen LogP) is 0.528. The van der Waals surface area contributed by atoms with Gasteiger partial charge in [-0.2, -0.15) is 0 Å². The first-order valence-electron chi connectivity index (χ1n) is 6.32. The maximum absolute atomic E-state index is 12.0. The lowest BCUT2D eigenvalue weighted by molar-refractivity contribution is 0.257. The predicted molar refractivity (Wildman–Crippen MR) is 73.0 cm³/mol. The highest BCUT2D eigenvalue weighted by Gasteiger charge is 2.04. The number of likely N-dealkylation sites (N-methyl/N-ethyl adjacent to an activating group) is 1. The summed E-state index contributed by atoms with van der Waals surface area (Å²) in [6.07, 6.45) is 3.63. The van der Waals surface area contributed by atoms with E-state index in [4.69, 9.17) is 10.5 Å². The van der Waals surface area contributed by atoms with Crippen LogP contribution in [0.15, 0.2) is 23.1 Å². The second kappa shape index (κ2) is 7.89. The molecule has 0 aliphatic heterocycles. The Balaban J connectivity index is 2.58. The first kappa shape index (κ1) is 14.7. The van der Waals surface area contributed by atoms with Crippen LogP contribution >= 0.6 is 0 Å². The Hall–Kier alpha value is -1.33. The average molecular weight is 253 g/mol. The van der Waals surface area contributed by atoms with Crippen LogP contribution in [0.2, 0.25) is 0 Å². The molecule has 1 aromatic rings. The summed E-state index contributed by atoms with van der Waals surface area (Å²) in [7, 11) is 3.94. The standard InChI is InChI=1S/C13H23N3O2/c1-15(2)10-11-18-12-6-5-9-16(13(12)17)8-4-3-7-14/h5-6,9H,3-4,7-8,10-11,14H2,1-2H3. The van der Waals surface area contributed by atoms with Crippen molar-refractivity contribution in [1.82, 2.24) is 9.47 Å². The van der Waals surface area contributed by atoms with Crippen LogP contribution in [0.4, 0.5) is 0 Å². The molecule has 0 spiro atoms. The third-order valence-electron chi connectivity index (χ3n) is 2.63. The van der Waals surface area contributed by atoms with Gasteiger partial charge in [-0.25, -0.2) is 0 Å². The number of hydrogen-bond acceptors (Lipinski definition) is 4. The van der Waals surface area contributed by atoms with Crippen LogP contribution in [-0.4, -0.2) is 43.3 Å². The molecule has 0 fully saturated rings. The topological polar surface area (TPSA) is 60.5 Å². The van der Waals surface area contributed by atoms with Crippen molar-refractivity contribution in [2.75, 3.05) is 33.8 Å². The van der Waals surface area contributed by atoms with Crippen molar-refractivity contribution in [1.29, 1.82) is 0 Å². The zero-order valence-corrected chi connectivity index (χ0v) is 11.3. The monoisotopic (exact) mass is 253 g/mol. The van der Waals surface area contributed by atoms with Crippen molar-refractivity contribution in [3.8, 4) is 5.75 Å². The van der Waals surface area contributed by atoms with E-state index < -0.39 is 0 Å². The van der Waals surface area contributed by atoms with Crippen molar-refractivity contribution in [2.45, 2.75) is 19.4 Å². The molecule has 1 aromatic heterocycles. The van der Waals surface area contributed by atoms with Gasteiger partial charge < -0.3 is 19.9 Å². The number of aryl methyl sites for hydroxylation is 1. The first-order valence-corrected chi connectivity index (χ1v) is 6.32. The number of rotatable bonds is 8. The molecule has 0 amide bonds. The van der Waals surface area contributed by atoms with E-state index in [9.17, 15) is 4.79 Å². The third-order valence-corrected chi connectivity index (χ3v) is 2.63. The van der Waals surface area contributed by atoms with Gasteiger partial charge in [-0.1, -0.05) is 0 Å². The van der Waals surface area contributed by atoms with Gasteiger partial charge in [0.15, 0.2) is 5.75 Å². The van der Waals surface area contributed by atoms with E-state index >= 15 is 0 Å².